The topological polar surface area (TPSA) is 75.1 Å². The van der Waals surface area contributed by atoms with E-state index in [0.29, 0.717) is 18.3 Å². The number of nitrogens with one attached hydrogen (secondary N) is 1. The van der Waals surface area contributed by atoms with Gasteiger partial charge < -0.3 is 10.4 Å². The molecule has 0 atom stereocenters. The van der Waals surface area contributed by atoms with Gasteiger partial charge in [0.05, 0.1) is 11.1 Å². The molecule has 0 radical (unpaired) electrons. The molecule has 18 heavy (non-hydrogen) atoms. The second kappa shape index (κ2) is 4.92. The molecule has 2 rings (SSSR count). The van der Waals surface area contributed by atoms with E-state index in [1.807, 2.05) is 12.1 Å². The van der Waals surface area contributed by atoms with E-state index in [9.17, 15) is 4.79 Å². The van der Waals surface area contributed by atoms with E-state index in [0.717, 1.165) is 5.69 Å². The van der Waals surface area contributed by atoms with Gasteiger partial charge in [-0.1, -0.05) is 6.42 Å². The molecule has 98 valence electrons. The summed E-state index contributed by atoms with van der Waals surface area (Å²) in [6.07, 6.45) is 3.68. The Labute approximate surface area is 107 Å². The summed E-state index contributed by atoms with van der Waals surface area (Å²) >= 11 is 0. The normalized spacial score (nSPS) is 16.1. The molecule has 1 aliphatic carbocycles. The van der Waals surface area contributed by atoms with Crippen molar-refractivity contribution < 1.29 is 9.90 Å². The molecule has 0 unspecified atom stereocenters. The molecule has 1 saturated carbocycles. The molecule has 1 aromatic rings. The molecular weight excluding hydrogens is 230 g/mol. The molecule has 1 fully saturated rings. The molecule has 0 amide bonds. The van der Waals surface area contributed by atoms with Crippen LogP contribution in [0.2, 0.25) is 0 Å². The molecule has 5 heteroatoms. The number of rotatable bonds is 5. The smallest absolute Gasteiger partial charge is 0.310 e. The van der Waals surface area contributed by atoms with Crippen molar-refractivity contribution in [2.45, 2.75) is 39.0 Å². The average molecular weight is 249 g/mol. The van der Waals surface area contributed by atoms with Gasteiger partial charge in [-0.05, 0) is 38.8 Å². The fourth-order valence-electron chi connectivity index (χ4n) is 1.75. The van der Waals surface area contributed by atoms with Gasteiger partial charge in [-0.25, -0.2) is 0 Å². The van der Waals surface area contributed by atoms with Gasteiger partial charge in [-0.3, -0.25) is 4.79 Å². The van der Waals surface area contributed by atoms with E-state index in [1.165, 1.54) is 19.3 Å². The minimum Gasteiger partial charge on any atom is -0.481 e. The van der Waals surface area contributed by atoms with Gasteiger partial charge in [0.1, 0.15) is 5.82 Å². The van der Waals surface area contributed by atoms with Crippen LogP contribution in [-0.4, -0.2) is 27.8 Å². The first-order valence-electron chi connectivity index (χ1n) is 6.30. The van der Waals surface area contributed by atoms with Gasteiger partial charge in [-0.15, -0.1) is 5.10 Å². The second-order valence-electron chi connectivity index (χ2n) is 5.51. The fourth-order valence-corrected chi connectivity index (χ4v) is 1.75. The number of carboxylic acid groups (broad SMARTS) is 1. The molecular formula is C13H19N3O2. The summed E-state index contributed by atoms with van der Waals surface area (Å²) in [7, 11) is 0. The zero-order valence-electron chi connectivity index (χ0n) is 10.8. The number of aromatic nitrogens is 2. The van der Waals surface area contributed by atoms with Crippen LogP contribution in [0.3, 0.4) is 0 Å². The lowest BCUT2D eigenvalue weighted by Crippen LogP contribution is -2.32. The standard InChI is InChI=1S/C13H19N3O2/c1-13(2,12(17)18)8-14-11-7-6-10(15-16-11)9-4-3-5-9/h6-7,9H,3-5,8H2,1-2H3,(H,14,16)(H,17,18). The van der Waals surface area contributed by atoms with Crippen molar-refractivity contribution >= 4 is 11.8 Å². The number of anilines is 1. The van der Waals surface area contributed by atoms with E-state index in [2.05, 4.69) is 15.5 Å². The maximum atomic E-state index is 11.0. The average Bonchev–Trinajstić information content (AvgIpc) is 2.26. The molecule has 0 saturated heterocycles. The Balaban J connectivity index is 1.92. The Morgan fingerprint density at radius 1 is 1.44 bits per heavy atom. The zero-order chi connectivity index (χ0) is 13.2. The summed E-state index contributed by atoms with van der Waals surface area (Å²) in [5.41, 5.74) is 0.234. The maximum absolute atomic E-state index is 11.0. The molecule has 2 N–H and O–H groups in total. The van der Waals surface area contributed by atoms with Gasteiger partial charge in [-0.2, -0.15) is 5.10 Å². The highest BCUT2D eigenvalue weighted by atomic mass is 16.4. The Kier molecular flexibility index (Phi) is 3.50. The van der Waals surface area contributed by atoms with Gasteiger partial charge in [0.15, 0.2) is 0 Å². The third kappa shape index (κ3) is 2.78. The predicted molar refractivity (Wildman–Crippen MR) is 68.5 cm³/mol. The molecule has 1 heterocycles. The first kappa shape index (κ1) is 12.8. The molecule has 0 aliphatic heterocycles. The number of carboxylic acids is 1. The van der Waals surface area contributed by atoms with Crippen LogP contribution in [0.5, 0.6) is 0 Å². The lowest BCUT2D eigenvalue weighted by atomic mass is 9.83. The van der Waals surface area contributed by atoms with Crippen molar-refractivity contribution in [2.24, 2.45) is 5.41 Å². The summed E-state index contributed by atoms with van der Waals surface area (Å²) in [5, 5.41) is 20.3. The van der Waals surface area contributed by atoms with Gasteiger partial charge in [0.2, 0.25) is 0 Å². The molecule has 0 aromatic carbocycles. The largest absolute Gasteiger partial charge is 0.481 e. The highest BCUT2D eigenvalue weighted by Gasteiger charge is 2.27. The minimum absolute atomic E-state index is 0.333. The predicted octanol–water partition coefficient (Wildman–Crippen LogP) is 2.27. The first-order chi connectivity index (χ1) is 8.49. The van der Waals surface area contributed by atoms with Crippen LogP contribution >= 0.6 is 0 Å². The number of hydrogen-bond acceptors (Lipinski definition) is 4. The summed E-state index contributed by atoms with van der Waals surface area (Å²) in [4.78, 5) is 11.0. The monoisotopic (exact) mass is 249 g/mol. The van der Waals surface area contributed by atoms with Crippen molar-refractivity contribution in [3.05, 3.63) is 17.8 Å². The molecule has 1 aliphatic rings. The first-order valence-corrected chi connectivity index (χ1v) is 6.30. The number of hydrogen-bond donors (Lipinski definition) is 2. The third-order valence-electron chi connectivity index (χ3n) is 3.50. The Bertz CT molecular complexity index is 424. The molecule has 0 spiro atoms. The summed E-state index contributed by atoms with van der Waals surface area (Å²) in [6.45, 7) is 3.69. The van der Waals surface area contributed by atoms with E-state index in [-0.39, 0.29) is 0 Å². The summed E-state index contributed by atoms with van der Waals surface area (Å²) in [5.74, 6) is 0.378. The van der Waals surface area contributed by atoms with E-state index >= 15 is 0 Å². The quantitative estimate of drug-likeness (QED) is 0.837. The lowest BCUT2D eigenvalue weighted by Gasteiger charge is -2.24. The van der Waals surface area contributed by atoms with Gasteiger partial charge in [0.25, 0.3) is 0 Å². The molecule has 1 aromatic heterocycles. The maximum Gasteiger partial charge on any atom is 0.310 e. The third-order valence-corrected chi connectivity index (χ3v) is 3.50. The van der Waals surface area contributed by atoms with Crippen LogP contribution in [0.15, 0.2) is 12.1 Å². The Morgan fingerprint density at radius 2 is 2.17 bits per heavy atom. The van der Waals surface area contributed by atoms with Crippen molar-refractivity contribution in [3.63, 3.8) is 0 Å². The SMILES string of the molecule is CC(C)(CNc1ccc(C2CCC2)nn1)C(=O)O. The minimum atomic E-state index is -0.825. The van der Waals surface area contributed by atoms with E-state index < -0.39 is 11.4 Å². The van der Waals surface area contributed by atoms with E-state index in [1.54, 1.807) is 13.8 Å². The van der Waals surface area contributed by atoms with Crippen LogP contribution < -0.4 is 5.32 Å². The van der Waals surface area contributed by atoms with Crippen LogP contribution in [0.1, 0.15) is 44.7 Å². The van der Waals surface area contributed by atoms with Gasteiger partial charge in [0, 0.05) is 12.5 Å². The summed E-state index contributed by atoms with van der Waals surface area (Å²) < 4.78 is 0. The van der Waals surface area contributed by atoms with Crippen molar-refractivity contribution in [1.29, 1.82) is 0 Å². The fraction of sp³-hybridized carbons (Fsp3) is 0.615. The van der Waals surface area contributed by atoms with Crippen molar-refractivity contribution in [2.75, 3.05) is 11.9 Å². The Morgan fingerprint density at radius 3 is 2.61 bits per heavy atom. The van der Waals surface area contributed by atoms with E-state index in [4.69, 9.17) is 5.11 Å². The second-order valence-corrected chi connectivity index (χ2v) is 5.51. The number of carbonyl (C=O) groups is 1. The van der Waals surface area contributed by atoms with Crippen molar-refractivity contribution in [1.82, 2.24) is 10.2 Å². The Hall–Kier alpha value is -1.65. The van der Waals surface area contributed by atoms with Crippen molar-refractivity contribution in [3.8, 4) is 0 Å². The molecule has 5 nitrogen and oxygen atoms in total. The zero-order valence-corrected chi connectivity index (χ0v) is 10.8. The van der Waals surface area contributed by atoms with Gasteiger partial charge >= 0.3 is 5.97 Å². The number of aliphatic carboxylic acids is 1. The van der Waals surface area contributed by atoms with Crippen LogP contribution in [0.25, 0.3) is 0 Å². The number of nitrogens with zero attached hydrogens (tertiary/aromatic N) is 2. The highest BCUT2D eigenvalue weighted by Crippen LogP contribution is 2.34. The molecule has 0 bridgehead atoms. The van der Waals surface area contributed by atoms with Crippen LogP contribution in [0, 0.1) is 5.41 Å². The highest BCUT2D eigenvalue weighted by molar-refractivity contribution is 5.74. The summed E-state index contributed by atoms with van der Waals surface area (Å²) in [6, 6.07) is 3.85. The van der Waals surface area contributed by atoms with Crippen LogP contribution in [-0.2, 0) is 4.79 Å². The lowest BCUT2D eigenvalue weighted by molar-refractivity contribution is -0.146. The van der Waals surface area contributed by atoms with Crippen LogP contribution in [0.4, 0.5) is 5.82 Å².